The van der Waals surface area contributed by atoms with Crippen molar-refractivity contribution in [3.63, 3.8) is 0 Å². The Labute approximate surface area is 74.4 Å². The Balaban J connectivity index is 2.38. The van der Waals surface area contributed by atoms with E-state index in [0.717, 1.165) is 0 Å². The molecule has 1 aromatic heterocycles. The maximum absolute atomic E-state index is 11.0. The maximum atomic E-state index is 11.0. The molecule has 0 saturated carbocycles. The maximum Gasteiger partial charge on any atom is 0.320 e. The van der Waals surface area contributed by atoms with E-state index in [0.29, 0.717) is 5.69 Å². The Bertz CT molecular complexity index is 321. The van der Waals surface area contributed by atoms with E-state index >= 15 is 0 Å². The van der Waals surface area contributed by atoms with E-state index in [1.165, 1.54) is 6.20 Å². The van der Waals surface area contributed by atoms with E-state index < -0.39 is 11.4 Å². The van der Waals surface area contributed by atoms with Gasteiger partial charge in [0.2, 0.25) is 0 Å². The summed E-state index contributed by atoms with van der Waals surface area (Å²) in [6.45, 7) is 0.363. The zero-order chi connectivity index (χ0) is 9.31. The lowest BCUT2D eigenvalue weighted by Gasteiger charge is -2.36. The zero-order valence-corrected chi connectivity index (χ0v) is 6.80. The van der Waals surface area contributed by atoms with Crippen LogP contribution in [0.5, 0.6) is 0 Å². The number of ether oxygens (including phenoxy) is 1. The molecule has 1 aromatic rings. The molecule has 13 heavy (non-hydrogen) atoms. The number of aliphatic carboxylic acids is 1. The summed E-state index contributed by atoms with van der Waals surface area (Å²) in [7, 11) is 0. The minimum atomic E-state index is -0.964. The third kappa shape index (κ3) is 1.08. The number of rotatable bonds is 2. The van der Waals surface area contributed by atoms with Crippen LogP contribution in [-0.4, -0.2) is 34.5 Å². The first-order chi connectivity index (χ1) is 6.26. The molecule has 0 spiro atoms. The molecule has 0 aromatic carbocycles. The van der Waals surface area contributed by atoms with Gasteiger partial charge >= 0.3 is 5.97 Å². The van der Waals surface area contributed by atoms with E-state index in [1.807, 2.05) is 0 Å². The fraction of sp³-hybridized carbons (Fsp3) is 0.375. The van der Waals surface area contributed by atoms with Crippen molar-refractivity contribution < 1.29 is 14.6 Å². The molecule has 0 unspecified atom stereocenters. The van der Waals surface area contributed by atoms with E-state index in [4.69, 9.17) is 9.84 Å². The summed E-state index contributed by atoms with van der Waals surface area (Å²) in [4.78, 5) is 11.0. The molecule has 1 saturated heterocycles. The monoisotopic (exact) mass is 180 g/mol. The van der Waals surface area contributed by atoms with Gasteiger partial charge in [-0.05, 0) is 12.1 Å². The average Bonchev–Trinajstić information content (AvgIpc) is 2.03. The second kappa shape index (κ2) is 2.77. The molecular weight excluding hydrogens is 172 g/mol. The number of hydrogen-bond acceptors (Lipinski definition) is 4. The van der Waals surface area contributed by atoms with Gasteiger partial charge in [0.25, 0.3) is 0 Å². The Morgan fingerprint density at radius 1 is 1.62 bits per heavy atom. The predicted octanol–water partition coefficient (Wildman–Crippen LogP) is -0.171. The molecule has 0 aliphatic carbocycles. The van der Waals surface area contributed by atoms with Gasteiger partial charge in [0, 0.05) is 6.20 Å². The normalized spacial score (nSPS) is 19.1. The number of carbonyl (C=O) groups is 1. The highest BCUT2D eigenvalue weighted by atomic mass is 16.5. The highest BCUT2D eigenvalue weighted by molar-refractivity contribution is 5.82. The molecule has 5 heteroatoms. The van der Waals surface area contributed by atoms with E-state index in [1.54, 1.807) is 12.1 Å². The van der Waals surface area contributed by atoms with Crippen LogP contribution >= 0.6 is 0 Å². The van der Waals surface area contributed by atoms with Crippen LogP contribution in [0, 0.1) is 0 Å². The Morgan fingerprint density at radius 3 is 2.77 bits per heavy atom. The van der Waals surface area contributed by atoms with Crippen LogP contribution < -0.4 is 0 Å². The van der Waals surface area contributed by atoms with Crippen molar-refractivity contribution in [2.24, 2.45) is 0 Å². The van der Waals surface area contributed by atoms with Gasteiger partial charge < -0.3 is 9.84 Å². The van der Waals surface area contributed by atoms with Gasteiger partial charge in [-0.1, -0.05) is 0 Å². The van der Waals surface area contributed by atoms with Crippen LogP contribution in [0.15, 0.2) is 18.3 Å². The fourth-order valence-corrected chi connectivity index (χ4v) is 1.24. The minimum Gasteiger partial charge on any atom is -0.480 e. The summed E-state index contributed by atoms with van der Waals surface area (Å²) in [6, 6.07) is 3.33. The van der Waals surface area contributed by atoms with Gasteiger partial charge in [0.1, 0.15) is 0 Å². The first-order valence-electron chi connectivity index (χ1n) is 3.85. The van der Waals surface area contributed by atoms with Gasteiger partial charge in [-0.15, -0.1) is 0 Å². The van der Waals surface area contributed by atoms with Gasteiger partial charge in [0.15, 0.2) is 5.41 Å². The van der Waals surface area contributed by atoms with Crippen molar-refractivity contribution in [1.82, 2.24) is 10.2 Å². The number of carboxylic acid groups (broad SMARTS) is 1. The van der Waals surface area contributed by atoms with Gasteiger partial charge in [0.05, 0.1) is 18.9 Å². The molecule has 0 amide bonds. The van der Waals surface area contributed by atoms with Crippen LogP contribution in [0.25, 0.3) is 0 Å². The number of aromatic nitrogens is 2. The third-order valence-electron chi connectivity index (χ3n) is 2.17. The summed E-state index contributed by atoms with van der Waals surface area (Å²) in [6.07, 6.45) is 1.51. The van der Waals surface area contributed by atoms with Crippen LogP contribution in [0.1, 0.15) is 5.69 Å². The summed E-state index contributed by atoms with van der Waals surface area (Å²) in [5.41, 5.74) is -0.498. The van der Waals surface area contributed by atoms with Crippen molar-refractivity contribution >= 4 is 5.97 Å². The summed E-state index contributed by atoms with van der Waals surface area (Å²) in [5, 5.41) is 16.4. The Hall–Kier alpha value is -1.49. The van der Waals surface area contributed by atoms with Crippen LogP contribution in [-0.2, 0) is 14.9 Å². The van der Waals surface area contributed by atoms with Gasteiger partial charge in [-0.25, -0.2) is 0 Å². The highest BCUT2D eigenvalue weighted by Crippen LogP contribution is 2.30. The second-order valence-corrected chi connectivity index (χ2v) is 2.99. The predicted molar refractivity (Wildman–Crippen MR) is 42.2 cm³/mol. The summed E-state index contributed by atoms with van der Waals surface area (Å²) in [5.74, 6) is -0.903. The fourth-order valence-electron chi connectivity index (χ4n) is 1.24. The van der Waals surface area contributed by atoms with E-state index in [9.17, 15) is 4.79 Å². The second-order valence-electron chi connectivity index (χ2n) is 2.99. The van der Waals surface area contributed by atoms with E-state index in [-0.39, 0.29) is 13.2 Å². The van der Waals surface area contributed by atoms with Gasteiger partial charge in [-0.2, -0.15) is 10.2 Å². The van der Waals surface area contributed by atoms with Crippen molar-refractivity contribution in [3.8, 4) is 0 Å². The molecule has 0 atom stereocenters. The molecule has 0 radical (unpaired) electrons. The highest BCUT2D eigenvalue weighted by Gasteiger charge is 2.49. The first-order valence-corrected chi connectivity index (χ1v) is 3.85. The smallest absolute Gasteiger partial charge is 0.320 e. The van der Waals surface area contributed by atoms with Crippen molar-refractivity contribution in [3.05, 3.63) is 24.0 Å². The zero-order valence-electron chi connectivity index (χ0n) is 6.80. The lowest BCUT2D eigenvalue weighted by molar-refractivity contribution is -0.163. The van der Waals surface area contributed by atoms with Crippen molar-refractivity contribution in [2.75, 3.05) is 13.2 Å². The summed E-state index contributed by atoms with van der Waals surface area (Å²) < 4.78 is 4.91. The molecule has 1 aliphatic rings. The minimum absolute atomic E-state index is 0.182. The largest absolute Gasteiger partial charge is 0.480 e. The molecule has 5 nitrogen and oxygen atoms in total. The molecule has 1 fully saturated rings. The topological polar surface area (TPSA) is 72.3 Å². The van der Waals surface area contributed by atoms with Gasteiger partial charge in [-0.3, -0.25) is 4.79 Å². The van der Waals surface area contributed by atoms with Crippen LogP contribution in [0.2, 0.25) is 0 Å². The Kier molecular flexibility index (Phi) is 1.73. The van der Waals surface area contributed by atoms with Crippen LogP contribution in [0.4, 0.5) is 0 Å². The molecule has 1 N–H and O–H groups in total. The lowest BCUT2D eigenvalue weighted by Crippen LogP contribution is -2.53. The SMILES string of the molecule is O=C(O)C1(c2cccnn2)COC1. The molecule has 2 rings (SSSR count). The Morgan fingerprint density at radius 2 is 2.38 bits per heavy atom. The molecular formula is C8H8N2O3. The standard InChI is InChI=1S/C8H8N2O3/c11-7(12)8(4-13-5-8)6-2-1-3-9-10-6/h1-3H,4-5H2,(H,11,12). The van der Waals surface area contributed by atoms with Crippen molar-refractivity contribution in [2.45, 2.75) is 5.41 Å². The third-order valence-corrected chi connectivity index (χ3v) is 2.17. The molecule has 0 bridgehead atoms. The number of carboxylic acids is 1. The molecule has 1 aliphatic heterocycles. The lowest BCUT2D eigenvalue weighted by atomic mass is 9.82. The van der Waals surface area contributed by atoms with Crippen LogP contribution in [0.3, 0.4) is 0 Å². The quantitative estimate of drug-likeness (QED) is 0.684. The summed E-state index contributed by atoms with van der Waals surface area (Å²) >= 11 is 0. The van der Waals surface area contributed by atoms with E-state index in [2.05, 4.69) is 10.2 Å². The number of nitrogens with zero attached hydrogens (tertiary/aromatic N) is 2. The average molecular weight is 180 g/mol. The first kappa shape index (κ1) is 8.12. The molecule has 68 valence electrons. The van der Waals surface area contributed by atoms with Crippen molar-refractivity contribution in [1.29, 1.82) is 0 Å². The number of hydrogen-bond donors (Lipinski definition) is 1. The molecule has 2 heterocycles.